The average Bonchev–Trinajstić information content (AvgIpc) is 2.66. The molecule has 0 atom stereocenters. The van der Waals surface area contributed by atoms with Gasteiger partial charge >= 0.3 is 18.1 Å². The largest absolute Gasteiger partial charge is 0.512 e. The average molecular weight is 418 g/mol. The summed E-state index contributed by atoms with van der Waals surface area (Å²) in [7, 11) is 0. The molecule has 0 saturated heterocycles. The summed E-state index contributed by atoms with van der Waals surface area (Å²) in [5, 5.41) is 0. The highest BCUT2D eigenvalue weighted by molar-refractivity contribution is 5.89. The number of hydrogen-bond acceptors (Lipinski definition) is 9. The third-order valence-corrected chi connectivity index (χ3v) is 3.63. The van der Waals surface area contributed by atoms with Crippen LogP contribution in [0.4, 0.5) is 4.79 Å². The Labute approximate surface area is 173 Å². The van der Waals surface area contributed by atoms with Crippen LogP contribution in [0.2, 0.25) is 0 Å². The van der Waals surface area contributed by atoms with E-state index >= 15 is 0 Å². The van der Waals surface area contributed by atoms with Gasteiger partial charge in [0.15, 0.2) is 0 Å². The minimum absolute atomic E-state index is 0.300. The van der Waals surface area contributed by atoms with Gasteiger partial charge in [0, 0.05) is 0 Å². The van der Waals surface area contributed by atoms with Crippen molar-refractivity contribution in [2.75, 3.05) is 13.6 Å². The zero-order valence-corrected chi connectivity index (χ0v) is 17.1. The molecule has 2 aromatic carbocycles. The molecule has 0 aliphatic carbocycles. The number of carbonyl (C=O) groups excluding carboxylic acids is 3. The molecule has 2 rings (SSSR count). The van der Waals surface area contributed by atoms with E-state index in [4.69, 9.17) is 0 Å². The van der Waals surface area contributed by atoms with E-state index in [0.717, 1.165) is 22.3 Å². The lowest BCUT2D eigenvalue weighted by Crippen LogP contribution is -2.16. The summed E-state index contributed by atoms with van der Waals surface area (Å²) in [4.78, 5) is 53.2. The molecule has 0 N–H and O–H groups in total. The molecule has 30 heavy (non-hydrogen) atoms. The fourth-order valence-corrected chi connectivity index (χ4v) is 2.62. The number of hydrogen-bond donors (Lipinski definition) is 0. The standard InChI is InChI=1S/C21H22O9/c1-13-5-14(2)8-17(7-13)19(22)29-27-11-25-21(24)26-12-28-30-20(23)18-9-15(3)6-16(4)10-18/h5-10H,11-12H2,1-4H3. The van der Waals surface area contributed by atoms with Gasteiger partial charge in [0.2, 0.25) is 13.6 Å². The van der Waals surface area contributed by atoms with Crippen molar-refractivity contribution in [1.29, 1.82) is 0 Å². The Hall–Kier alpha value is -3.43. The molecule has 9 heteroatoms. The van der Waals surface area contributed by atoms with Crippen LogP contribution in [0.15, 0.2) is 36.4 Å². The first kappa shape index (κ1) is 22.9. The van der Waals surface area contributed by atoms with Crippen LogP contribution in [0.3, 0.4) is 0 Å². The Morgan fingerprint density at radius 3 is 1.27 bits per heavy atom. The van der Waals surface area contributed by atoms with E-state index in [9.17, 15) is 14.4 Å². The van der Waals surface area contributed by atoms with Crippen molar-refractivity contribution >= 4 is 18.1 Å². The normalized spacial score (nSPS) is 10.3. The fourth-order valence-electron chi connectivity index (χ4n) is 2.62. The Morgan fingerprint density at radius 2 is 0.933 bits per heavy atom. The molecule has 0 aromatic heterocycles. The maximum Gasteiger partial charge on any atom is 0.512 e. The molecule has 2 aromatic rings. The molecule has 160 valence electrons. The Kier molecular flexibility index (Phi) is 8.33. The topological polar surface area (TPSA) is 107 Å². The summed E-state index contributed by atoms with van der Waals surface area (Å²) >= 11 is 0. The first-order chi connectivity index (χ1) is 14.2. The van der Waals surface area contributed by atoms with Crippen molar-refractivity contribution in [3.63, 3.8) is 0 Å². The van der Waals surface area contributed by atoms with Crippen LogP contribution < -0.4 is 0 Å². The Morgan fingerprint density at radius 1 is 0.600 bits per heavy atom. The van der Waals surface area contributed by atoms with Gasteiger partial charge in [0.25, 0.3) is 0 Å². The van der Waals surface area contributed by atoms with Crippen molar-refractivity contribution in [2.24, 2.45) is 0 Å². The maximum absolute atomic E-state index is 11.8. The fraction of sp³-hybridized carbons (Fsp3) is 0.286. The first-order valence-electron chi connectivity index (χ1n) is 8.88. The summed E-state index contributed by atoms with van der Waals surface area (Å²) in [5.41, 5.74) is 4.16. The Balaban J connectivity index is 1.61. The second-order valence-electron chi connectivity index (χ2n) is 6.50. The third-order valence-electron chi connectivity index (χ3n) is 3.63. The lowest BCUT2D eigenvalue weighted by atomic mass is 10.1. The van der Waals surface area contributed by atoms with Crippen LogP contribution in [0.5, 0.6) is 0 Å². The van der Waals surface area contributed by atoms with Crippen LogP contribution in [0.1, 0.15) is 43.0 Å². The van der Waals surface area contributed by atoms with E-state index < -0.39 is 31.7 Å². The molecule has 9 nitrogen and oxygen atoms in total. The number of aryl methyl sites for hydroxylation is 4. The minimum atomic E-state index is -1.18. The summed E-state index contributed by atoms with van der Waals surface area (Å²) in [6, 6.07) is 10.3. The van der Waals surface area contributed by atoms with Crippen LogP contribution in [-0.4, -0.2) is 31.7 Å². The van der Waals surface area contributed by atoms with Gasteiger partial charge in [-0.3, -0.25) is 9.78 Å². The van der Waals surface area contributed by atoms with E-state index in [1.54, 1.807) is 24.3 Å². The molecule has 0 spiro atoms. The van der Waals surface area contributed by atoms with Gasteiger partial charge < -0.3 is 9.47 Å². The molecule has 0 radical (unpaired) electrons. The molecule has 0 unspecified atom stereocenters. The van der Waals surface area contributed by atoms with Crippen LogP contribution in [0.25, 0.3) is 0 Å². The predicted octanol–water partition coefficient (Wildman–Crippen LogP) is 3.87. The van der Waals surface area contributed by atoms with Crippen molar-refractivity contribution in [3.05, 3.63) is 69.8 Å². The third kappa shape index (κ3) is 7.53. The Bertz CT molecular complexity index is 807. The number of ether oxygens (including phenoxy) is 2. The summed E-state index contributed by atoms with van der Waals surface area (Å²) in [6.07, 6.45) is -1.18. The molecular weight excluding hydrogens is 396 g/mol. The molecule has 0 fully saturated rings. The van der Waals surface area contributed by atoms with E-state index in [2.05, 4.69) is 29.0 Å². The number of rotatable bonds is 8. The molecule has 0 bridgehead atoms. The SMILES string of the molecule is Cc1cc(C)cc(C(=O)OOCOC(=O)OCOOC(=O)c2cc(C)cc(C)c2)c1. The molecule has 0 saturated carbocycles. The predicted molar refractivity (Wildman–Crippen MR) is 102 cm³/mol. The zero-order chi connectivity index (χ0) is 22.1. The molecule has 0 amide bonds. The first-order valence-corrected chi connectivity index (χ1v) is 8.88. The molecule has 0 aliphatic rings. The van der Waals surface area contributed by atoms with Crippen molar-refractivity contribution in [3.8, 4) is 0 Å². The van der Waals surface area contributed by atoms with Gasteiger partial charge in [-0.25, -0.2) is 14.4 Å². The summed E-state index contributed by atoms with van der Waals surface area (Å²) < 4.78 is 9.04. The summed E-state index contributed by atoms with van der Waals surface area (Å²) in [6.45, 7) is 5.96. The lowest BCUT2D eigenvalue weighted by Gasteiger charge is -2.07. The monoisotopic (exact) mass is 418 g/mol. The second-order valence-corrected chi connectivity index (χ2v) is 6.50. The highest BCUT2D eigenvalue weighted by Gasteiger charge is 2.12. The van der Waals surface area contributed by atoms with E-state index in [1.165, 1.54) is 0 Å². The van der Waals surface area contributed by atoms with E-state index in [0.29, 0.717) is 11.1 Å². The smallest absolute Gasteiger partial charge is 0.403 e. The van der Waals surface area contributed by atoms with E-state index in [1.807, 2.05) is 39.8 Å². The van der Waals surface area contributed by atoms with Gasteiger partial charge in [-0.15, -0.1) is 9.78 Å². The second kappa shape index (κ2) is 10.9. The molecule has 0 heterocycles. The molecular formula is C21H22O9. The van der Waals surface area contributed by atoms with E-state index in [-0.39, 0.29) is 0 Å². The summed E-state index contributed by atoms with van der Waals surface area (Å²) in [5.74, 6) is -1.47. The lowest BCUT2D eigenvalue weighted by molar-refractivity contribution is -0.297. The van der Waals surface area contributed by atoms with Crippen molar-refractivity contribution < 1.29 is 43.4 Å². The highest BCUT2D eigenvalue weighted by atomic mass is 17.2. The number of carbonyl (C=O) groups is 3. The van der Waals surface area contributed by atoms with Crippen molar-refractivity contribution in [2.45, 2.75) is 27.7 Å². The van der Waals surface area contributed by atoms with Gasteiger partial charge in [-0.2, -0.15) is 0 Å². The number of benzene rings is 2. The van der Waals surface area contributed by atoms with Crippen LogP contribution in [-0.2, 0) is 29.0 Å². The quantitative estimate of drug-likeness (QED) is 0.208. The highest BCUT2D eigenvalue weighted by Crippen LogP contribution is 2.11. The van der Waals surface area contributed by atoms with Gasteiger partial charge in [0.1, 0.15) is 0 Å². The minimum Gasteiger partial charge on any atom is -0.403 e. The van der Waals surface area contributed by atoms with Crippen LogP contribution in [0, 0.1) is 27.7 Å². The van der Waals surface area contributed by atoms with Gasteiger partial charge in [-0.1, -0.05) is 34.4 Å². The van der Waals surface area contributed by atoms with Gasteiger partial charge in [-0.05, 0) is 52.0 Å². The molecule has 0 aliphatic heterocycles. The maximum atomic E-state index is 11.8. The van der Waals surface area contributed by atoms with Crippen LogP contribution >= 0.6 is 0 Å². The van der Waals surface area contributed by atoms with Gasteiger partial charge in [0.05, 0.1) is 11.1 Å². The van der Waals surface area contributed by atoms with Crippen molar-refractivity contribution in [1.82, 2.24) is 0 Å². The zero-order valence-electron chi connectivity index (χ0n) is 17.1.